The molecule has 0 radical (unpaired) electrons. The average molecular weight is 301 g/mol. The summed E-state index contributed by atoms with van der Waals surface area (Å²) in [6.07, 6.45) is 1.54. The molecular weight excluding hydrogens is 288 g/mol. The average Bonchev–Trinajstić information content (AvgIpc) is 2.88. The topological polar surface area (TPSA) is 47.3 Å². The Morgan fingerprint density at radius 1 is 1.05 bits per heavy atom. The lowest BCUT2D eigenvalue weighted by Gasteiger charge is -2.07. The molecule has 0 aliphatic rings. The van der Waals surface area contributed by atoms with Crippen LogP contribution in [0.5, 0.6) is 11.5 Å². The summed E-state index contributed by atoms with van der Waals surface area (Å²) in [6.45, 7) is 0.410. The Bertz CT molecular complexity index is 741. The Morgan fingerprint density at radius 3 is 2.52 bits per heavy atom. The van der Waals surface area contributed by atoms with Gasteiger partial charge in [-0.15, -0.1) is 0 Å². The summed E-state index contributed by atoms with van der Waals surface area (Å²) in [4.78, 5) is 0. The minimum absolute atomic E-state index is 0.108. The number of halogens is 1. The van der Waals surface area contributed by atoms with Gasteiger partial charge in [-0.2, -0.15) is 5.10 Å². The molecule has 0 bridgehead atoms. The number of rotatable bonds is 4. The Balaban J connectivity index is 1.82. The molecule has 0 amide bonds. The standard InChI is InChI=1S/C16H13ClN2O2/c17-16-15(21-11-12-6-2-1-3-7-12)10-18-19(16)13-8-4-5-9-14(13)20/h1-10,20H,11H2. The molecule has 3 aromatic rings. The van der Waals surface area contributed by atoms with E-state index in [9.17, 15) is 5.11 Å². The minimum Gasteiger partial charge on any atom is -0.506 e. The third-order valence-corrected chi connectivity index (χ3v) is 3.37. The maximum Gasteiger partial charge on any atom is 0.177 e. The second kappa shape index (κ2) is 5.89. The van der Waals surface area contributed by atoms with Crippen LogP contribution >= 0.6 is 11.6 Å². The number of para-hydroxylation sites is 2. The summed E-state index contributed by atoms with van der Waals surface area (Å²) in [7, 11) is 0. The fourth-order valence-electron chi connectivity index (χ4n) is 1.96. The van der Waals surface area contributed by atoms with Crippen LogP contribution in [0.1, 0.15) is 5.56 Å². The van der Waals surface area contributed by atoms with Crippen molar-refractivity contribution in [3.8, 4) is 17.2 Å². The maximum absolute atomic E-state index is 9.85. The zero-order valence-corrected chi connectivity index (χ0v) is 11.9. The van der Waals surface area contributed by atoms with Crippen LogP contribution in [0.15, 0.2) is 60.8 Å². The van der Waals surface area contributed by atoms with E-state index in [1.807, 2.05) is 30.3 Å². The number of hydrogen-bond donors (Lipinski definition) is 1. The lowest BCUT2D eigenvalue weighted by molar-refractivity contribution is 0.306. The molecule has 0 aliphatic carbocycles. The Morgan fingerprint density at radius 2 is 1.76 bits per heavy atom. The second-order valence-electron chi connectivity index (χ2n) is 4.47. The number of hydrogen-bond acceptors (Lipinski definition) is 3. The second-order valence-corrected chi connectivity index (χ2v) is 4.83. The SMILES string of the molecule is Oc1ccccc1-n1ncc(OCc2ccccc2)c1Cl. The highest BCUT2D eigenvalue weighted by atomic mass is 35.5. The van der Waals surface area contributed by atoms with Gasteiger partial charge in [0.1, 0.15) is 18.0 Å². The van der Waals surface area contributed by atoms with Gasteiger partial charge in [-0.3, -0.25) is 0 Å². The lowest BCUT2D eigenvalue weighted by Crippen LogP contribution is -1.98. The predicted molar refractivity (Wildman–Crippen MR) is 81.0 cm³/mol. The maximum atomic E-state index is 9.85. The fourth-order valence-corrected chi connectivity index (χ4v) is 2.20. The van der Waals surface area contributed by atoms with Crippen LogP contribution in [-0.2, 0) is 6.61 Å². The summed E-state index contributed by atoms with van der Waals surface area (Å²) in [6, 6.07) is 16.7. The Hall–Kier alpha value is -2.46. The van der Waals surface area contributed by atoms with Crippen molar-refractivity contribution in [3.63, 3.8) is 0 Å². The van der Waals surface area contributed by atoms with Gasteiger partial charge in [-0.25, -0.2) is 4.68 Å². The van der Waals surface area contributed by atoms with E-state index < -0.39 is 0 Å². The van der Waals surface area contributed by atoms with E-state index in [1.54, 1.807) is 24.3 Å². The number of aromatic nitrogens is 2. The third-order valence-electron chi connectivity index (χ3n) is 3.03. The molecule has 0 aliphatic heterocycles. The number of phenolic OH excluding ortho intramolecular Hbond substituents is 1. The fraction of sp³-hybridized carbons (Fsp3) is 0.0625. The van der Waals surface area contributed by atoms with Gasteiger partial charge in [0.05, 0.1) is 6.20 Å². The van der Waals surface area contributed by atoms with Crippen LogP contribution in [-0.4, -0.2) is 14.9 Å². The molecule has 0 spiro atoms. The third kappa shape index (κ3) is 2.85. The highest BCUT2D eigenvalue weighted by Gasteiger charge is 2.13. The zero-order valence-electron chi connectivity index (χ0n) is 11.1. The molecule has 106 valence electrons. The first kappa shape index (κ1) is 13.5. The zero-order chi connectivity index (χ0) is 14.7. The summed E-state index contributed by atoms with van der Waals surface area (Å²) in [5.74, 6) is 0.584. The molecule has 5 heteroatoms. The van der Waals surface area contributed by atoms with Crippen molar-refractivity contribution in [2.24, 2.45) is 0 Å². The molecule has 0 unspecified atom stereocenters. The van der Waals surface area contributed by atoms with Crippen LogP contribution in [0.2, 0.25) is 5.15 Å². The molecule has 0 atom stereocenters. The molecule has 0 fully saturated rings. The molecule has 0 saturated carbocycles. The summed E-state index contributed by atoms with van der Waals surface area (Å²) in [5.41, 5.74) is 1.56. The summed E-state index contributed by atoms with van der Waals surface area (Å²) >= 11 is 6.26. The molecule has 1 N–H and O–H groups in total. The largest absolute Gasteiger partial charge is 0.506 e. The van der Waals surface area contributed by atoms with Crippen LogP contribution in [0, 0.1) is 0 Å². The molecule has 0 saturated heterocycles. The molecule has 1 aromatic heterocycles. The van der Waals surface area contributed by atoms with Crippen molar-refractivity contribution < 1.29 is 9.84 Å². The highest BCUT2D eigenvalue weighted by molar-refractivity contribution is 6.31. The molecule has 21 heavy (non-hydrogen) atoms. The van der Waals surface area contributed by atoms with Gasteiger partial charge in [0.2, 0.25) is 0 Å². The van der Waals surface area contributed by atoms with E-state index in [0.717, 1.165) is 5.56 Å². The van der Waals surface area contributed by atoms with Crippen molar-refractivity contribution in [1.29, 1.82) is 0 Å². The van der Waals surface area contributed by atoms with Crippen molar-refractivity contribution in [1.82, 2.24) is 9.78 Å². The first-order chi connectivity index (χ1) is 10.3. The first-order valence-corrected chi connectivity index (χ1v) is 6.82. The van der Waals surface area contributed by atoms with Crippen molar-refractivity contribution in [3.05, 3.63) is 71.5 Å². The van der Waals surface area contributed by atoms with E-state index in [1.165, 1.54) is 10.9 Å². The van der Waals surface area contributed by atoms with Crippen LogP contribution in [0.4, 0.5) is 0 Å². The quantitative estimate of drug-likeness (QED) is 0.797. The van der Waals surface area contributed by atoms with E-state index in [4.69, 9.17) is 16.3 Å². The number of aromatic hydroxyl groups is 1. The van der Waals surface area contributed by atoms with Crippen LogP contribution < -0.4 is 4.74 Å². The lowest BCUT2D eigenvalue weighted by atomic mass is 10.2. The number of benzene rings is 2. The Labute approximate surface area is 127 Å². The van der Waals surface area contributed by atoms with Crippen molar-refractivity contribution in [2.75, 3.05) is 0 Å². The number of nitrogens with zero attached hydrogens (tertiary/aromatic N) is 2. The van der Waals surface area contributed by atoms with Gasteiger partial charge in [0.25, 0.3) is 0 Å². The van der Waals surface area contributed by atoms with Gasteiger partial charge in [0.15, 0.2) is 10.9 Å². The van der Waals surface area contributed by atoms with E-state index >= 15 is 0 Å². The van der Waals surface area contributed by atoms with Gasteiger partial charge < -0.3 is 9.84 Å². The Kier molecular flexibility index (Phi) is 3.79. The number of ether oxygens (including phenoxy) is 1. The van der Waals surface area contributed by atoms with Crippen LogP contribution in [0.25, 0.3) is 5.69 Å². The van der Waals surface area contributed by atoms with Crippen molar-refractivity contribution >= 4 is 11.6 Å². The first-order valence-electron chi connectivity index (χ1n) is 6.44. The molecular formula is C16H13ClN2O2. The van der Waals surface area contributed by atoms with E-state index in [0.29, 0.717) is 23.2 Å². The predicted octanol–water partition coefficient (Wildman–Crippen LogP) is 3.81. The minimum atomic E-state index is 0.108. The highest BCUT2D eigenvalue weighted by Crippen LogP contribution is 2.30. The molecule has 1 heterocycles. The normalized spacial score (nSPS) is 10.5. The van der Waals surface area contributed by atoms with Gasteiger partial charge in [-0.1, -0.05) is 54.1 Å². The van der Waals surface area contributed by atoms with Crippen LogP contribution in [0.3, 0.4) is 0 Å². The molecule has 2 aromatic carbocycles. The van der Waals surface area contributed by atoms with Crippen molar-refractivity contribution in [2.45, 2.75) is 6.61 Å². The van der Waals surface area contributed by atoms with Gasteiger partial charge in [-0.05, 0) is 17.7 Å². The van der Waals surface area contributed by atoms with E-state index in [2.05, 4.69) is 5.10 Å². The van der Waals surface area contributed by atoms with Gasteiger partial charge >= 0.3 is 0 Å². The van der Waals surface area contributed by atoms with E-state index in [-0.39, 0.29) is 5.75 Å². The number of phenols is 1. The summed E-state index contributed by atoms with van der Waals surface area (Å²) in [5, 5.41) is 14.3. The monoisotopic (exact) mass is 300 g/mol. The molecule has 3 rings (SSSR count). The smallest absolute Gasteiger partial charge is 0.177 e. The molecule has 4 nitrogen and oxygen atoms in total. The van der Waals surface area contributed by atoms with Gasteiger partial charge in [0, 0.05) is 0 Å². The summed E-state index contributed by atoms with van der Waals surface area (Å²) < 4.78 is 7.11.